The minimum atomic E-state index is 0. The normalized spacial score (nSPS) is 10.2. The molecule has 0 spiro atoms. The molecule has 1 nitrogen and oxygen atoms in total. The van der Waals surface area contributed by atoms with Gasteiger partial charge in [-0.25, -0.2) is 0 Å². The monoisotopic (exact) mass is 114 g/mol. The molecule has 0 unspecified atom stereocenters. The molecule has 0 aromatic carbocycles. The van der Waals surface area contributed by atoms with E-state index in [-0.39, 0.29) is 5.48 Å². The topological polar surface area (TPSA) is 31.5 Å². The van der Waals surface area contributed by atoms with Crippen molar-refractivity contribution in [3.63, 3.8) is 0 Å². The zero-order chi connectivity index (χ0) is 5.54. The van der Waals surface area contributed by atoms with Crippen molar-refractivity contribution in [2.75, 3.05) is 0 Å². The van der Waals surface area contributed by atoms with Crippen LogP contribution in [-0.4, -0.2) is 5.48 Å². The third kappa shape index (κ3) is 9.06. The first-order valence-electron chi connectivity index (χ1n) is 2.69. The molecule has 0 saturated carbocycles. The zero-order valence-electron chi connectivity index (χ0n) is 5.52. The van der Waals surface area contributed by atoms with E-state index in [9.17, 15) is 0 Å². The molecule has 48 valence electrons. The first kappa shape index (κ1) is 10.4. The molecule has 1 heteroatoms. The van der Waals surface area contributed by atoms with Gasteiger partial charge in [-0.05, 0) is 13.3 Å². The van der Waals surface area contributed by atoms with Crippen molar-refractivity contribution in [2.45, 2.75) is 20.3 Å². The Balaban J connectivity index is 0. The Bertz CT molecular complexity index is 72.5. The van der Waals surface area contributed by atoms with Crippen molar-refractivity contribution >= 4 is 0 Å². The van der Waals surface area contributed by atoms with Crippen LogP contribution in [-0.2, 0) is 0 Å². The van der Waals surface area contributed by atoms with Crippen LogP contribution in [0, 0.1) is 0 Å². The maximum atomic E-state index is 2.12. The molecule has 0 heterocycles. The minimum absolute atomic E-state index is 0. The quantitative estimate of drug-likeness (QED) is 0.489. The van der Waals surface area contributed by atoms with Crippen molar-refractivity contribution in [3.8, 4) is 0 Å². The molecule has 0 aromatic heterocycles. The van der Waals surface area contributed by atoms with Gasteiger partial charge in [0.25, 0.3) is 0 Å². The predicted octanol–water partition coefficient (Wildman–Crippen LogP) is 1.70. The Labute approximate surface area is 51.0 Å². The first-order chi connectivity index (χ1) is 3.41. The van der Waals surface area contributed by atoms with Crippen LogP contribution in [0.2, 0.25) is 0 Å². The highest BCUT2D eigenvalue weighted by molar-refractivity contribution is 5.00. The lowest BCUT2D eigenvalue weighted by atomic mass is 10.4. The Kier molecular flexibility index (Phi) is 12.6. The van der Waals surface area contributed by atoms with Crippen LogP contribution in [0.25, 0.3) is 0 Å². The van der Waals surface area contributed by atoms with Crippen molar-refractivity contribution in [1.82, 2.24) is 0 Å². The first-order valence-corrected chi connectivity index (χ1v) is 2.69. The number of hydrogen-bond donors (Lipinski definition) is 0. The van der Waals surface area contributed by atoms with Gasteiger partial charge in [-0.3, -0.25) is 0 Å². The van der Waals surface area contributed by atoms with Crippen LogP contribution in [0.15, 0.2) is 24.3 Å². The summed E-state index contributed by atoms with van der Waals surface area (Å²) < 4.78 is 0. The fourth-order valence-electron chi connectivity index (χ4n) is 0.326. The van der Waals surface area contributed by atoms with E-state index in [2.05, 4.69) is 19.1 Å². The van der Waals surface area contributed by atoms with Crippen LogP contribution in [0.1, 0.15) is 20.3 Å². The summed E-state index contributed by atoms with van der Waals surface area (Å²) in [6, 6.07) is 0. The van der Waals surface area contributed by atoms with Gasteiger partial charge in [-0.1, -0.05) is 31.2 Å². The van der Waals surface area contributed by atoms with Crippen LogP contribution in [0.4, 0.5) is 0 Å². The van der Waals surface area contributed by atoms with Gasteiger partial charge in [-0.15, -0.1) is 0 Å². The largest absolute Gasteiger partial charge is 0.412 e. The molecule has 0 fully saturated rings. The summed E-state index contributed by atoms with van der Waals surface area (Å²) in [6.07, 6.45) is 9.36. The summed E-state index contributed by atoms with van der Waals surface area (Å²) in [5.74, 6) is 0. The lowest BCUT2D eigenvalue weighted by Crippen LogP contribution is -1.48. The molecule has 0 radical (unpaired) electrons. The maximum absolute atomic E-state index is 2.12. The van der Waals surface area contributed by atoms with Crippen LogP contribution in [0.3, 0.4) is 0 Å². The van der Waals surface area contributed by atoms with E-state index in [1.54, 1.807) is 0 Å². The Morgan fingerprint density at radius 2 is 1.88 bits per heavy atom. The lowest BCUT2D eigenvalue weighted by molar-refractivity contribution is 0.824. The fourth-order valence-corrected chi connectivity index (χ4v) is 0.326. The van der Waals surface area contributed by atoms with E-state index in [1.165, 1.54) is 0 Å². The standard InChI is InChI=1S/C7H12.H2O/c1-3-5-7-6-4-2;/h3,5-7H,4H2,1-2H3;1H2. The molecule has 0 atom stereocenters. The lowest BCUT2D eigenvalue weighted by Gasteiger charge is -1.70. The molecule has 0 amide bonds. The van der Waals surface area contributed by atoms with Gasteiger partial charge in [0.2, 0.25) is 0 Å². The second-order valence-electron chi connectivity index (χ2n) is 1.36. The second-order valence-corrected chi connectivity index (χ2v) is 1.36. The van der Waals surface area contributed by atoms with Gasteiger partial charge < -0.3 is 5.48 Å². The van der Waals surface area contributed by atoms with Gasteiger partial charge in [0, 0.05) is 0 Å². The summed E-state index contributed by atoms with van der Waals surface area (Å²) in [7, 11) is 0. The second kappa shape index (κ2) is 9.67. The summed E-state index contributed by atoms with van der Waals surface area (Å²) in [6.45, 7) is 4.14. The SMILES string of the molecule is CC=CC=CCC.O. The molecule has 2 N–H and O–H groups in total. The molecular formula is C7H14O. The van der Waals surface area contributed by atoms with E-state index in [4.69, 9.17) is 0 Å². The Hall–Kier alpha value is -0.560. The van der Waals surface area contributed by atoms with E-state index >= 15 is 0 Å². The average Bonchev–Trinajstić information content (AvgIpc) is 1.69. The molecule has 0 bridgehead atoms. The summed E-state index contributed by atoms with van der Waals surface area (Å²) in [5.41, 5.74) is 0. The maximum Gasteiger partial charge on any atom is -0.0376 e. The molecular weight excluding hydrogens is 100 g/mol. The van der Waals surface area contributed by atoms with Gasteiger partial charge in [0.15, 0.2) is 0 Å². The van der Waals surface area contributed by atoms with Crippen LogP contribution < -0.4 is 0 Å². The van der Waals surface area contributed by atoms with Crippen molar-refractivity contribution in [1.29, 1.82) is 0 Å². The highest BCUT2D eigenvalue weighted by Crippen LogP contribution is 1.79. The highest BCUT2D eigenvalue weighted by atomic mass is 16.0. The van der Waals surface area contributed by atoms with Crippen molar-refractivity contribution in [2.24, 2.45) is 0 Å². The average molecular weight is 114 g/mol. The number of allylic oxidation sites excluding steroid dienone is 4. The summed E-state index contributed by atoms with van der Waals surface area (Å²) >= 11 is 0. The molecule has 0 aromatic rings. The van der Waals surface area contributed by atoms with Crippen LogP contribution in [0.5, 0.6) is 0 Å². The molecule has 0 rings (SSSR count). The van der Waals surface area contributed by atoms with Gasteiger partial charge in [0.1, 0.15) is 0 Å². The summed E-state index contributed by atoms with van der Waals surface area (Å²) in [5, 5.41) is 0. The molecule has 0 aliphatic heterocycles. The summed E-state index contributed by atoms with van der Waals surface area (Å²) in [4.78, 5) is 0. The van der Waals surface area contributed by atoms with Gasteiger partial charge in [-0.2, -0.15) is 0 Å². The van der Waals surface area contributed by atoms with Crippen molar-refractivity contribution < 1.29 is 5.48 Å². The van der Waals surface area contributed by atoms with Crippen molar-refractivity contribution in [3.05, 3.63) is 24.3 Å². The Morgan fingerprint density at radius 1 is 1.25 bits per heavy atom. The Morgan fingerprint density at radius 3 is 2.25 bits per heavy atom. The van der Waals surface area contributed by atoms with Crippen LogP contribution >= 0.6 is 0 Å². The van der Waals surface area contributed by atoms with Gasteiger partial charge >= 0.3 is 0 Å². The molecule has 0 saturated heterocycles. The smallest absolute Gasteiger partial charge is 0.0376 e. The van der Waals surface area contributed by atoms with Gasteiger partial charge in [0.05, 0.1) is 0 Å². The van der Waals surface area contributed by atoms with E-state index < -0.39 is 0 Å². The molecule has 0 aliphatic carbocycles. The fraction of sp³-hybridized carbons (Fsp3) is 0.429. The predicted molar refractivity (Wildman–Crippen MR) is 37.9 cm³/mol. The highest BCUT2D eigenvalue weighted by Gasteiger charge is 1.57. The van der Waals surface area contributed by atoms with E-state index in [0.717, 1.165) is 6.42 Å². The molecule has 0 aliphatic rings. The zero-order valence-corrected chi connectivity index (χ0v) is 5.52. The third-order valence-corrected chi connectivity index (χ3v) is 0.675. The number of hydrogen-bond acceptors (Lipinski definition) is 0. The molecule has 8 heavy (non-hydrogen) atoms. The number of rotatable bonds is 2. The van der Waals surface area contributed by atoms with E-state index in [0.29, 0.717) is 0 Å². The minimum Gasteiger partial charge on any atom is -0.412 e. The van der Waals surface area contributed by atoms with E-state index in [1.807, 2.05) is 19.1 Å². The third-order valence-electron chi connectivity index (χ3n) is 0.675.